The van der Waals surface area contributed by atoms with E-state index in [4.69, 9.17) is 0 Å². The van der Waals surface area contributed by atoms with Gasteiger partial charge >= 0.3 is 0 Å². The molecule has 6 heteroatoms. The normalized spacial score (nSPS) is 21.9. The van der Waals surface area contributed by atoms with Crippen molar-refractivity contribution in [3.8, 4) is 0 Å². The van der Waals surface area contributed by atoms with E-state index in [-0.39, 0.29) is 17.7 Å². The van der Waals surface area contributed by atoms with Crippen LogP contribution < -0.4 is 5.32 Å². The Bertz CT molecular complexity index is 643. The zero-order chi connectivity index (χ0) is 15.5. The molecule has 1 aliphatic heterocycles. The fraction of sp³-hybridized carbons (Fsp3) is 0.438. The number of hydrogen-bond acceptors (Lipinski definition) is 5. The summed E-state index contributed by atoms with van der Waals surface area (Å²) >= 11 is 1.45. The van der Waals surface area contributed by atoms with Gasteiger partial charge in [0.25, 0.3) is 0 Å². The topological polar surface area (TPSA) is 58.1 Å². The molecule has 0 bridgehead atoms. The van der Waals surface area contributed by atoms with E-state index in [1.807, 2.05) is 25.1 Å². The molecule has 1 N–H and O–H groups in total. The number of aromatic nitrogens is 2. The van der Waals surface area contributed by atoms with Gasteiger partial charge in [0.15, 0.2) is 0 Å². The summed E-state index contributed by atoms with van der Waals surface area (Å²) in [4.78, 5) is 14.9. The van der Waals surface area contributed by atoms with Gasteiger partial charge in [-0.3, -0.25) is 4.79 Å². The standard InChI is InChI=1S/C16H20N4OS/c1-3-14-18-19-16(22-14)17-15(21)13-10-20(2)9-12(13)11-7-5-4-6-8-11/h4-8,12-13H,3,9-10H2,1-2H3,(H,17,19,21)/t12-,13+/m0/s1. The average molecular weight is 316 g/mol. The van der Waals surface area contributed by atoms with Crippen molar-refractivity contribution in [1.29, 1.82) is 0 Å². The lowest BCUT2D eigenvalue weighted by Gasteiger charge is -2.17. The summed E-state index contributed by atoms with van der Waals surface area (Å²) < 4.78 is 0. The summed E-state index contributed by atoms with van der Waals surface area (Å²) in [6.45, 7) is 3.70. The van der Waals surface area contributed by atoms with E-state index in [0.29, 0.717) is 5.13 Å². The highest BCUT2D eigenvalue weighted by atomic mass is 32.1. The first-order valence-electron chi connectivity index (χ1n) is 7.54. The Morgan fingerprint density at radius 3 is 2.77 bits per heavy atom. The summed E-state index contributed by atoms with van der Waals surface area (Å²) in [5.74, 6) is 0.211. The Labute approximate surface area is 134 Å². The maximum Gasteiger partial charge on any atom is 0.231 e. The number of likely N-dealkylation sites (N-methyl/N-ethyl adjacent to an activating group) is 1. The maximum atomic E-state index is 12.6. The summed E-state index contributed by atoms with van der Waals surface area (Å²) in [6, 6.07) is 10.3. The average Bonchev–Trinajstić information content (AvgIpc) is 3.14. The number of benzene rings is 1. The first-order chi connectivity index (χ1) is 10.7. The van der Waals surface area contributed by atoms with Gasteiger partial charge in [0, 0.05) is 19.0 Å². The Morgan fingerprint density at radius 1 is 1.32 bits per heavy atom. The molecule has 1 fully saturated rings. The van der Waals surface area contributed by atoms with Gasteiger partial charge in [0.2, 0.25) is 11.0 Å². The van der Waals surface area contributed by atoms with Crippen LogP contribution in [0.25, 0.3) is 0 Å². The van der Waals surface area contributed by atoms with Gasteiger partial charge in [-0.25, -0.2) is 0 Å². The van der Waals surface area contributed by atoms with E-state index in [0.717, 1.165) is 24.5 Å². The van der Waals surface area contributed by atoms with Crippen molar-refractivity contribution in [2.75, 3.05) is 25.5 Å². The largest absolute Gasteiger partial charge is 0.305 e. The Hall–Kier alpha value is -1.79. The van der Waals surface area contributed by atoms with Crippen LogP contribution in [0.4, 0.5) is 5.13 Å². The Kier molecular flexibility index (Phi) is 4.49. The predicted molar refractivity (Wildman–Crippen MR) is 88.1 cm³/mol. The fourth-order valence-corrected chi connectivity index (χ4v) is 3.63. The van der Waals surface area contributed by atoms with Crippen LogP contribution in [-0.4, -0.2) is 41.1 Å². The van der Waals surface area contributed by atoms with Gasteiger partial charge < -0.3 is 10.2 Å². The molecule has 0 aliphatic carbocycles. The number of aryl methyl sites for hydroxylation is 1. The van der Waals surface area contributed by atoms with Crippen LogP contribution in [0.1, 0.15) is 23.4 Å². The van der Waals surface area contributed by atoms with E-state index in [1.54, 1.807) is 0 Å². The number of amides is 1. The van der Waals surface area contributed by atoms with Crippen molar-refractivity contribution in [1.82, 2.24) is 15.1 Å². The van der Waals surface area contributed by atoms with Gasteiger partial charge in [0.1, 0.15) is 5.01 Å². The minimum atomic E-state index is -0.0543. The van der Waals surface area contributed by atoms with E-state index in [1.165, 1.54) is 16.9 Å². The number of nitrogens with zero attached hydrogens (tertiary/aromatic N) is 3. The number of nitrogens with one attached hydrogen (secondary N) is 1. The molecular weight excluding hydrogens is 296 g/mol. The van der Waals surface area contributed by atoms with Crippen molar-refractivity contribution < 1.29 is 4.79 Å². The van der Waals surface area contributed by atoms with Crippen molar-refractivity contribution in [2.24, 2.45) is 5.92 Å². The zero-order valence-electron chi connectivity index (χ0n) is 12.8. The lowest BCUT2D eigenvalue weighted by Crippen LogP contribution is -2.28. The second kappa shape index (κ2) is 6.54. The Morgan fingerprint density at radius 2 is 2.09 bits per heavy atom. The van der Waals surface area contributed by atoms with Crippen LogP contribution in [0, 0.1) is 5.92 Å². The van der Waals surface area contributed by atoms with E-state index in [9.17, 15) is 4.79 Å². The molecule has 116 valence electrons. The molecule has 1 aliphatic rings. The molecule has 2 heterocycles. The lowest BCUT2D eigenvalue weighted by molar-refractivity contribution is -0.119. The molecule has 2 atom stereocenters. The molecule has 2 aromatic rings. The number of carbonyl (C=O) groups is 1. The molecule has 1 aromatic heterocycles. The smallest absolute Gasteiger partial charge is 0.231 e. The third-order valence-electron chi connectivity index (χ3n) is 4.07. The maximum absolute atomic E-state index is 12.6. The minimum Gasteiger partial charge on any atom is -0.305 e. The quantitative estimate of drug-likeness (QED) is 0.941. The third kappa shape index (κ3) is 3.18. The second-order valence-corrected chi connectivity index (χ2v) is 6.75. The van der Waals surface area contributed by atoms with Crippen molar-refractivity contribution >= 4 is 22.4 Å². The van der Waals surface area contributed by atoms with Crippen molar-refractivity contribution in [3.05, 3.63) is 40.9 Å². The monoisotopic (exact) mass is 316 g/mol. The first-order valence-corrected chi connectivity index (χ1v) is 8.35. The van der Waals surface area contributed by atoms with Crippen LogP contribution in [0.5, 0.6) is 0 Å². The van der Waals surface area contributed by atoms with E-state index < -0.39 is 0 Å². The van der Waals surface area contributed by atoms with Gasteiger partial charge in [-0.2, -0.15) is 0 Å². The molecule has 0 radical (unpaired) electrons. The molecular formula is C16H20N4OS. The first kappa shape index (κ1) is 15.1. The molecule has 1 saturated heterocycles. The van der Waals surface area contributed by atoms with Gasteiger partial charge in [-0.05, 0) is 19.0 Å². The molecule has 3 rings (SSSR count). The van der Waals surface area contributed by atoms with Crippen LogP contribution in [0.3, 0.4) is 0 Å². The molecule has 0 spiro atoms. The van der Waals surface area contributed by atoms with Gasteiger partial charge in [-0.1, -0.05) is 48.6 Å². The predicted octanol–water partition coefficient (Wildman–Crippen LogP) is 2.38. The Balaban J connectivity index is 1.75. The van der Waals surface area contributed by atoms with Crippen molar-refractivity contribution in [2.45, 2.75) is 19.3 Å². The third-order valence-corrected chi connectivity index (χ3v) is 5.05. The highest BCUT2D eigenvalue weighted by Crippen LogP contribution is 2.33. The number of rotatable bonds is 4. The van der Waals surface area contributed by atoms with Crippen LogP contribution in [0.15, 0.2) is 30.3 Å². The number of likely N-dealkylation sites (tertiary alicyclic amines) is 1. The molecule has 1 amide bonds. The van der Waals surface area contributed by atoms with Crippen LogP contribution >= 0.6 is 11.3 Å². The molecule has 0 saturated carbocycles. The molecule has 1 aromatic carbocycles. The fourth-order valence-electron chi connectivity index (χ4n) is 2.95. The number of anilines is 1. The van der Waals surface area contributed by atoms with Gasteiger partial charge in [0.05, 0.1) is 5.92 Å². The summed E-state index contributed by atoms with van der Waals surface area (Å²) in [5, 5.41) is 12.6. The van der Waals surface area contributed by atoms with E-state index in [2.05, 4.69) is 39.6 Å². The minimum absolute atomic E-state index is 0.0389. The highest BCUT2D eigenvalue weighted by Gasteiger charge is 2.37. The van der Waals surface area contributed by atoms with E-state index >= 15 is 0 Å². The highest BCUT2D eigenvalue weighted by molar-refractivity contribution is 7.15. The zero-order valence-corrected chi connectivity index (χ0v) is 13.6. The lowest BCUT2D eigenvalue weighted by atomic mass is 9.88. The van der Waals surface area contributed by atoms with Crippen LogP contribution in [-0.2, 0) is 11.2 Å². The van der Waals surface area contributed by atoms with Crippen LogP contribution in [0.2, 0.25) is 0 Å². The number of hydrogen-bond donors (Lipinski definition) is 1. The SMILES string of the molecule is CCc1nnc(NC(=O)[C@@H]2CN(C)C[C@H]2c2ccccc2)s1. The molecule has 0 unspecified atom stereocenters. The molecule has 22 heavy (non-hydrogen) atoms. The molecule has 5 nitrogen and oxygen atoms in total. The summed E-state index contributed by atoms with van der Waals surface area (Å²) in [7, 11) is 2.06. The summed E-state index contributed by atoms with van der Waals surface area (Å²) in [6.07, 6.45) is 0.840. The van der Waals surface area contributed by atoms with Gasteiger partial charge in [-0.15, -0.1) is 10.2 Å². The van der Waals surface area contributed by atoms with Crippen molar-refractivity contribution in [3.63, 3.8) is 0 Å². The summed E-state index contributed by atoms with van der Waals surface area (Å²) in [5.41, 5.74) is 1.22. The second-order valence-electron chi connectivity index (χ2n) is 5.69. The number of carbonyl (C=O) groups excluding carboxylic acids is 1.